The first-order chi connectivity index (χ1) is 13.0. The molecule has 0 N–H and O–H groups in total. The van der Waals surface area contributed by atoms with E-state index < -0.39 is 0 Å². The molecule has 0 radical (unpaired) electrons. The van der Waals surface area contributed by atoms with Gasteiger partial charge in [0.1, 0.15) is 11.1 Å². The Morgan fingerprint density at radius 1 is 1.00 bits per heavy atom. The first-order valence-electron chi connectivity index (χ1n) is 7.82. The van der Waals surface area contributed by atoms with Crippen LogP contribution in [0.5, 0.6) is 0 Å². The number of pyridine rings is 1. The third-order valence-corrected chi connectivity index (χ3v) is 5.39. The first-order valence-corrected chi connectivity index (χ1v) is 9.94. The van der Waals surface area contributed by atoms with E-state index >= 15 is 0 Å². The highest BCUT2D eigenvalue weighted by atomic mass is 35.5. The molecule has 1 heterocycles. The molecular formula is C20H12Cl3N3S. The zero-order valence-electron chi connectivity index (χ0n) is 13.9. The van der Waals surface area contributed by atoms with Gasteiger partial charge in [0, 0.05) is 15.8 Å². The minimum Gasteiger partial charge on any atom is -0.253 e. The maximum atomic E-state index is 9.33. The molecule has 0 atom stereocenters. The summed E-state index contributed by atoms with van der Waals surface area (Å²) in [5.74, 6) is 0.683. The number of nitrogens with zero attached hydrogens (tertiary/aromatic N) is 3. The highest BCUT2D eigenvalue weighted by Crippen LogP contribution is 2.28. The van der Waals surface area contributed by atoms with Crippen molar-refractivity contribution < 1.29 is 0 Å². The van der Waals surface area contributed by atoms with Gasteiger partial charge in [-0.25, -0.2) is 4.98 Å². The zero-order valence-corrected chi connectivity index (χ0v) is 16.9. The third-order valence-electron chi connectivity index (χ3n) is 3.54. The Labute approximate surface area is 176 Å². The van der Waals surface area contributed by atoms with E-state index in [1.165, 1.54) is 11.8 Å². The summed E-state index contributed by atoms with van der Waals surface area (Å²) in [4.78, 5) is 8.89. The second-order valence-electron chi connectivity index (χ2n) is 5.47. The van der Waals surface area contributed by atoms with Gasteiger partial charge in [-0.1, -0.05) is 46.9 Å². The number of thioether (sulfide) groups is 1. The van der Waals surface area contributed by atoms with Crippen LogP contribution in [0.1, 0.15) is 16.8 Å². The van der Waals surface area contributed by atoms with Crippen LogP contribution in [0, 0.1) is 11.3 Å². The molecule has 0 spiro atoms. The van der Waals surface area contributed by atoms with Crippen molar-refractivity contribution in [1.82, 2.24) is 4.98 Å². The Kier molecular flexibility index (Phi) is 6.76. The van der Waals surface area contributed by atoms with Crippen molar-refractivity contribution in [3.05, 3.63) is 86.5 Å². The summed E-state index contributed by atoms with van der Waals surface area (Å²) < 4.78 is 0. The molecule has 0 saturated heterocycles. The monoisotopic (exact) mass is 431 g/mol. The van der Waals surface area contributed by atoms with E-state index in [4.69, 9.17) is 34.8 Å². The lowest BCUT2D eigenvalue weighted by molar-refractivity contribution is 1.10. The van der Waals surface area contributed by atoms with Gasteiger partial charge in [-0.05, 0) is 48.0 Å². The second kappa shape index (κ2) is 9.25. The van der Waals surface area contributed by atoms with Gasteiger partial charge in [0.2, 0.25) is 0 Å². The molecular weight excluding hydrogens is 421 g/mol. The van der Waals surface area contributed by atoms with Crippen molar-refractivity contribution in [2.75, 3.05) is 0 Å². The number of hydrogen-bond donors (Lipinski definition) is 0. The summed E-state index contributed by atoms with van der Waals surface area (Å²) in [5, 5.41) is 11.7. The fourth-order valence-electron chi connectivity index (χ4n) is 2.18. The molecule has 3 nitrogen and oxygen atoms in total. The van der Waals surface area contributed by atoms with Crippen LogP contribution >= 0.6 is 46.6 Å². The summed E-state index contributed by atoms with van der Waals surface area (Å²) in [6, 6.07) is 18.3. The van der Waals surface area contributed by atoms with Crippen molar-refractivity contribution in [3.63, 3.8) is 0 Å². The molecule has 0 amide bonds. The molecule has 0 bridgehead atoms. The maximum absolute atomic E-state index is 9.33. The molecule has 0 fully saturated rings. The fraction of sp³-hybridized carbons (Fsp3) is 0.0500. The molecule has 2 aromatic carbocycles. The zero-order chi connectivity index (χ0) is 19.2. The fourth-order valence-corrected chi connectivity index (χ4v) is 3.69. The largest absolute Gasteiger partial charge is 0.253 e. The number of hydrogen-bond acceptors (Lipinski definition) is 4. The van der Waals surface area contributed by atoms with Crippen LogP contribution in [0.3, 0.4) is 0 Å². The molecule has 0 unspecified atom stereocenters. The SMILES string of the molecule is N#Cc1ccc(C=Nc2ccc(Cl)cc2Cl)nc1SCc1ccc(Cl)cc1. The standard InChI is InChI=1S/C20H12Cl3N3S/c21-15-4-1-13(2-5-15)12-27-20-14(10-24)3-7-17(26-20)11-25-19-8-6-16(22)9-18(19)23/h1-9,11H,12H2. The molecule has 7 heteroatoms. The lowest BCUT2D eigenvalue weighted by atomic mass is 10.2. The second-order valence-corrected chi connectivity index (χ2v) is 7.71. The summed E-state index contributed by atoms with van der Waals surface area (Å²) in [6.07, 6.45) is 1.61. The van der Waals surface area contributed by atoms with Crippen LogP contribution in [-0.4, -0.2) is 11.2 Å². The Morgan fingerprint density at radius 3 is 2.44 bits per heavy atom. The molecule has 27 heavy (non-hydrogen) atoms. The van der Waals surface area contributed by atoms with E-state index in [0.29, 0.717) is 42.8 Å². The molecule has 3 rings (SSSR count). The highest BCUT2D eigenvalue weighted by Gasteiger charge is 2.07. The number of nitriles is 1. The van der Waals surface area contributed by atoms with E-state index in [2.05, 4.69) is 16.0 Å². The van der Waals surface area contributed by atoms with E-state index in [-0.39, 0.29) is 0 Å². The van der Waals surface area contributed by atoms with Crippen molar-refractivity contribution in [2.24, 2.45) is 4.99 Å². The number of aromatic nitrogens is 1. The van der Waals surface area contributed by atoms with Crippen molar-refractivity contribution >= 4 is 58.5 Å². The molecule has 0 aliphatic heterocycles. The molecule has 1 aromatic heterocycles. The summed E-state index contributed by atoms with van der Waals surface area (Å²) in [6.45, 7) is 0. The van der Waals surface area contributed by atoms with E-state index in [1.54, 1.807) is 36.5 Å². The number of rotatable bonds is 5. The molecule has 134 valence electrons. The topological polar surface area (TPSA) is 49.0 Å². The number of benzene rings is 2. The molecule has 3 aromatic rings. The van der Waals surface area contributed by atoms with Crippen LogP contribution in [0.4, 0.5) is 5.69 Å². The average Bonchev–Trinajstić information content (AvgIpc) is 2.67. The maximum Gasteiger partial charge on any atom is 0.115 e. The van der Waals surface area contributed by atoms with Crippen LogP contribution < -0.4 is 0 Å². The van der Waals surface area contributed by atoms with Crippen LogP contribution in [-0.2, 0) is 5.75 Å². The van der Waals surface area contributed by atoms with Gasteiger partial charge in [-0.15, -0.1) is 11.8 Å². The van der Waals surface area contributed by atoms with E-state index in [1.807, 2.05) is 24.3 Å². The number of aliphatic imine (C=N–C) groups is 1. The average molecular weight is 433 g/mol. The predicted molar refractivity (Wildman–Crippen MR) is 114 cm³/mol. The predicted octanol–water partition coefficient (Wildman–Crippen LogP) is 6.96. The Morgan fingerprint density at radius 2 is 1.74 bits per heavy atom. The Balaban J connectivity index is 1.79. The minimum atomic E-state index is 0.463. The minimum absolute atomic E-state index is 0.463. The van der Waals surface area contributed by atoms with Crippen LogP contribution in [0.25, 0.3) is 0 Å². The van der Waals surface area contributed by atoms with Gasteiger partial charge >= 0.3 is 0 Å². The lowest BCUT2D eigenvalue weighted by Crippen LogP contribution is -1.94. The smallest absolute Gasteiger partial charge is 0.115 e. The lowest BCUT2D eigenvalue weighted by Gasteiger charge is -2.05. The van der Waals surface area contributed by atoms with Crippen molar-refractivity contribution in [2.45, 2.75) is 10.8 Å². The van der Waals surface area contributed by atoms with Gasteiger partial charge in [0.05, 0.1) is 28.2 Å². The van der Waals surface area contributed by atoms with Gasteiger partial charge in [0.25, 0.3) is 0 Å². The first kappa shape index (κ1) is 19.7. The highest BCUT2D eigenvalue weighted by molar-refractivity contribution is 7.98. The van der Waals surface area contributed by atoms with Gasteiger partial charge in [-0.3, -0.25) is 4.99 Å². The summed E-state index contributed by atoms with van der Waals surface area (Å²) in [5.41, 5.74) is 2.86. The van der Waals surface area contributed by atoms with Gasteiger partial charge < -0.3 is 0 Å². The molecule has 0 saturated carbocycles. The normalized spacial score (nSPS) is 10.9. The van der Waals surface area contributed by atoms with Crippen LogP contribution in [0.2, 0.25) is 15.1 Å². The third kappa shape index (κ3) is 5.47. The van der Waals surface area contributed by atoms with Crippen molar-refractivity contribution in [3.8, 4) is 6.07 Å². The quantitative estimate of drug-likeness (QED) is 0.323. The van der Waals surface area contributed by atoms with Gasteiger partial charge in [0.15, 0.2) is 0 Å². The molecule has 0 aliphatic carbocycles. The van der Waals surface area contributed by atoms with E-state index in [9.17, 15) is 5.26 Å². The Bertz CT molecular complexity index is 1030. The summed E-state index contributed by atoms with van der Waals surface area (Å²) >= 11 is 19.4. The van der Waals surface area contributed by atoms with Crippen LogP contribution in [0.15, 0.2) is 64.6 Å². The summed E-state index contributed by atoms with van der Waals surface area (Å²) in [7, 11) is 0. The Hall–Kier alpha value is -2.03. The van der Waals surface area contributed by atoms with E-state index in [0.717, 1.165) is 5.56 Å². The number of halogens is 3. The van der Waals surface area contributed by atoms with Gasteiger partial charge in [-0.2, -0.15) is 5.26 Å². The van der Waals surface area contributed by atoms with Crippen molar-refractivity contribution in [1.29, 1.82) is 5.26 Å². The molecule has 0 aliphatic rings.